The molecule has 2 aliphatic rings. The van der Waals surface area contributed by atoms with Crippen molar-refractivity contribution in [1.82, 2.24) is 10.2 Å². The maximum Gasteiger partial charge on any atom is 0.407 e. The second-order valence-corrected chi connectivity index (χ2v) is 8.52. The summed E-state index contributed by atoms with van der Waals surface area (Å²) in [6.07, 6.45) is 0.0599. The van der Waals surface area contributed by atoms with Gasteiger partial charge in [0.05, 0.1) is 19.3 Å². The van der Waals surface area contributed by atoms with E-state index in [2.05, 4.69) is 5.32 Å². The van der Waals surface area contributed by atoms with Crippen molar-refractivity contribution < 1.29 is 34.4 Å². The molecule has 1 spiro atoms. The Bertz CT molecular complexity index is 522. The minimum absolute atomic E-state index is 0.216. The van der Waals surface area contributed by atoms with Crippen LogP contribution in [0.25, 0.3) is 0 Å². The molecule has 0 aromatic rings. The van der Waals surface area contributed by atoms with E-state index in [0.29, 0.717) is 38.8 Å². The maximum atomic E-state index is 12.3. The predicted octanol–water partition coefficient (Wildman–Crippen LogP) is 1.17. The molecule has 4 N–H and O–H groups in total. The van der Waals surface area contributed by atoms with Crippen LogP contribution < -0.4 is 5.32 Å². The molecule has 1 heterocycles. The molecule has 0 radical (unpaired) electrons. The Labute approximate surface area is 159 Å². The lowest BCUT2D eigenvalue weighted by atomic mass is 9.74. The van der Waals surface area contributed by atoms with Gasteiger partial charge in [-0.3, -0.25) is 0 Å². The van der Waals surface area contributed by atoms with E-state index in [-0.39, 0.29) is 30.8 Å². The van der Waals surface area contributed by atoms with Gasteiger partial charge >= 0.3 is 12.2 Å². The zero-order valence-electron chi connectivity index (χ0n) is 16.3. The summed E-state index contributed by atoms with van der Waals surface area (Å²) in [5.41, 5.74) is -0.903. The summed E-state index contributed by atoms with van der Waals surface area (Å²) < 4.78 is 11.2. The van der Waals surface area contributed by atoms with Crippen LogP contribution in [0.5, 0.6) is 0 Å². The Morgan fingerprint density at radius 3 is 2.30 bits per heavy atom. The molecule has 1 saturated carbocycles. The van der Waals surface area contributed by atoms with E-state index >= 15 is 0 Å². The minimum Gasteiger partial charge on any atom is -0.465 e. The highest BCUT2D eigenvalue weighted by Crippen LogP contribution is 2.47. The number of hydrogen-bond acceptors (Lipinski definition) is 6. The lowest BCUT2D eigenvalue weighted by Gasteiger charge is -2.42. The Morgan fingerprint density at radius 1 is 1.22 bits per heavy atom. The summed E-state index contributed by atoms with van der Waals surface area (Å²) in [5, 5.41) is 30.7. The fourth-order valence-electron chi connectivity index (χ4n) is 4.07. The fraction of sp³-hybridized carbons (Fsp3) is 0.889. The summed E-state index contributed by atoms with van der Waals surface area (Å²) >= 11 is 0. The van der Waals surface area contributed by atoms with Crippen molar-refractivity contribution in [2.45, 2.75) is 70.3 Å². The number of nitrogens with one attached hydrogen (secondary N) is 1. The molecule has 27 heavy (non-hydrogen) atoms. The number of nitrogens with zero attached hydrogens (tertiary/aromatic N) is 1. The molecule has 1 aliphatic heterocycles. The lowest BCUT2D eigenvalue weighted by molar-refractivity contribution is -0.0653. The van der Waals surface area contributed by atoms with Crippen molar-refractivity contribution in [3.05, 3.63) is 0 Å². The molecule has 2 fully saturated rings. The van der Waals surface area contributed by atoms with Crippen LogP contribution in [0.3, 0.4) is 0 Å². The number of likely N-dealkylation sites (tertiary alicyclic amines) is 1. The van der Waals surface area contributed by atoms with Gasteiger partial charge in [-0.25, -0.2) is 9.59 Å². The summed E-state index contributed by atoms with van der Waals surface area (Å²) in [4.78, 5) is 24.9. The molecule has 2 rings (SSSR count). The first-order valence-corrected chi connectivity index (χ1v) is 9.43. The van der Waals surface area contributed by atoms with E-state index in [1.165, 1.54) is 4.90 Å². The topological polar surface area (TPSA) is 129 Å². The van der Waals surface area contributed by atoms with Crippen LogP contribution in [0.1, 0.15) is 46.5 Å². The monoisotopic (exact) mass is 388 g/mol. The molecule has 1 saturated heterocycles. The molecule has 2 amide bonds. The average molecular weight is 388 g/mol. The van der Waals surface area contributed by atoms with Gasteiger partial charge in [-0.05, 0) is 51.9 Å². The SMILES string of the molecule is CC(C)(C)OC(=O)N[C@@H]1C[C@H](OC(CO)CO)CC12CCN(C(=O)O)CC2. The number of carboxylic acid groups (broad SMARTS) is 1. The molecular weight excluding hydrogens is 356 g/mol. The van der Waals surface area contributed by atoms with Crippen molar-refractivity contribution in [2.75, 3.05) is 26.3 Å². The third kappa shape index (κ3) is 5.70. The number of aliphatic hydroxyl groups is 2. The highest BCUT2D eigenvalue weighted by Gasteiger charge is 2.50. The normalized spacial score (nSPS) is 25.0. The molecule has 0 bridgehead atoms. The van der Waals surface area contributed by atoms with Crippen LogP contribution in [0, 0.1) is 5.41 Å². The minimum atomic E-state index is -0.937. The molecule has 9 heteroatoms. The summed E-state index contributed by atoms with van der Waals surface area (Å²) in [6.45, 7) is 5.62. The number of rotatable bonds is 5. The Morgan fingerprint density at radius 2 is 1.81 bits per heavy atom. The van der Waals surface area contributed by atoms with Gasteiger partial charge in [-0.2, -0.15) is 0 Å². The number of piperidine rings is 1. The van der Waals surface area contributed by atoms with Gasteiger partial charge in [0, 0.05) is 19.1 Å². The summed E-state index contributed by atoms with van der Waals surface area (Å²) in [5.74, 6) is 0. The quantitative estimate of drug-likeness (QED) is 0.556. The Balaban J connectivity index is 2.09. The molecule has 156 valence electrons. The van der Waals surface area contributed by atoms with Gasteiger partial charge < -0.3 is 35.0 Å². The number of hydrogen-bond donors (Lipinski definition) is 4. The Kier molecular flexibility index (Phi) is 6.93. The van der Waals surface area contributed by atoms with Crippen LogP contribution in [0.4, 0.5) is 9.59 Å². The average Bonchev–Trinajstić information content (AvgIpc) is 2.88. The lowest BCUT2D eigenvalue weighted by Crippen LogP contribution is -2.51. The first-order valence-electron chi connectivity index (χ1n) is 9.43. The van der Waals surface area contributed by atoms with Crippen LogP contribution >= 0.6 is 0 Å². The van der Waals surface area contributed by atoms with Gasteiger partial charge in [-0.1, -0.05) is 0 Å². The number of amides is 2. The van der Waals surface area contributed by atoms with Crippen LogP contribution in [-0.4, -0.2) is 82.6 Å². The summed E-state index contributed by atoms with van der Waals surface area (Å²) in [7, 11) is 0. The van der Waals surface area contributed by atoms with E-state index < -0.39 is 23.9 Å². The Hall–Kier alpha value is -1.58. The molecule has 1 aliphatic carbocycles. The molecule has 0 aromatic heterocycles. The highest BCUT2D eigenvalue weighted by atomic mass is 16.6. The van der Waals surface area contributed by atoms with Crippen molar-refractivity contribution in [2.24, 2.45) is 5.41 Å². The molecule has 2 atom stereocenters. The van der Waals surface area contributed by atoms with E-state index in [0.717, 1.165) is 0 Å². The van der Waals surface area contributed by atoms with Crippen LogP contribution in [0.2, 0.25) is 0 Å². The first kappa shape index (κ1) is 21.7. The second-order valence-electron chi connectivity index (χ2n) is 8.52. The zero-order chi connectivity index (χ0) is 20.2. The second kappa shape index (κ2) is 8.62. The van der Waals surface area contributed by atoms with Gasteiger partial charge in [0.15, 0.2) is 0 Å². The van der Waals surface area contributed by atoms with Gasteiger partial charge in [0.25, 0.3) is 0 Å². The molecule has 0 aromatic carbocycles. The van der Waals surface area contributed by atoms with Crippen molar-refractivity contribution in [3.8, 4) is 0 Å². The predicted molar refractivity (Wildman–Crippen MR) is 96.5 cm³/mol. The molecule has 0 unspecified atom stereocenters. The molecule has 9 nitrogen and oxygen atoms in total. The number of carbonyl (C=O) groups excluding carboxylic acids is 1. The first-order chi connectivity index (χ1) is 12.6. The van der Waals surface area contributed by atoms with Crippen molar-refractivity contribution in [1.29, 1.82) is 0 Å². The van der Waals surface area contributed by atoms with Crippen LogP contribution in [0.15, 0.2) is 0 Å². The van der Waals surface area contributed by atoms with E-state index in [4.69, 9.17) is 9.47 Å². The van der Waals surface area contributed by atoms with Crippen molar-refractivity contribution in [3.63, 3.8) is 0 Å². The maximum absolute atomic E-state index is 12.3. The largest absolute Gasteiger partial charge is 0.465 e. The number of carbonyl (C=O) groups is 2. The van der Waals surface area contributed by atoms with E-state index in [1.54, 1.807) is 20.8 Å². The fourth-order valence-corrected chi connectivity index (χ4v) is 4.07. The number of ether oxygens (including phenoxy) is 2. The standard InChI is InChI=1S/C18H32N2O7/c1-17(2,3)27-15(23)19-14-8-12(26-13(10-21)11-22)9-18(14)4-6-20(7-5-18)16(24)25/h12-14,21-22H,4-11H2,1-3H3,(H,19,23)(H,24,25)/t12-,14+/m0/s1. The van der Waals surface area contributed by atoms with E-state index in [1.807, 2.05) is 0 Å². The number of alkyl carbamates (subject to hydrolysis) is 1. The molecular formula is C18H32N2O7. The summed E-state index contributed by atoms with van der Waals surface area (Å²) in [6, 6.07) is -0.216. The third-order valence-corrected chi connectivity index (χ3v) is 5.38. The van der Waals surface area contributed by atoms with Crippen LogP contribution in [-0.2, 0) is 9.47 Å². The zero-order valence-corrected chi connectivity index (χ0v) is 16.3. The third-order valence-electron chi connectivity index (χ3n) is 5.38. The van der Waals surface area contributed by atoms with Crippen molar-refractivity contribution >= 4 is 12.2 Å². The number of aliphatic hydroxyl groups excluding tert-OH is 2. The van der Waals surface area contributed by atoms with Gasteiger partial charge in [0.1, 0.15) is 11.7 Å². The van der Waals surface area contributed by atoms with Gasteiger partial charge in [0.2, 0.25) is 0 Å². The smallest absolute Gasteiger partial charge is 0.407 e. The van der Waals surface area contributed by atoms with Gasteiger partial charge in [-0.15, -0.1) is 0 Å². The highest BCUT2D eigenvalue weighted by molar-refractivity contribution is 5.68. The van der Waals surface area contributed by atoms with E-state index in [9.17, 15) is 24.9 Å².